The largest absolute Gasteiger partial charge is 0.454 e. The predicted molar refractivity (Wildman–Crippen MR) is 110 cm³/mol. The van der Waals surface area contributed by atoms with Gasteiger partial charge < -0.3 is 9.26 Å². The van der Waals surface area contributed by atoms with Gasteiger partial charge in [0, 0.05) is 21.4 Å². The van der Waals surface area contributed by atoms with Crippen molar-refractivity contribution in [3.8, 4) is 11.5 Å². The topological polar surface area (TPSA) is 78.1 Å². The van der Waals surface area contributed by atoms with Gasteiger partial charge in [-0.05, 0) is 42.6 Å². The molecule has 4 aromatic rings. The fourth-order valence-corrected chi connectivity index (χ4v) is 4.49. The highest BCUT2D eigenvalue weighted by Crippen LogP contribution is 2.24. The first kappa shape index (κ1) is 18.9. The van der Waals surface area contributed by atoms with Crippen molar-refractivity contribution in [1.29, 1.82) is 0 Å². The Morgan fingerprint density at radius 2 is 2.04 bits per heavy atom. The monoisotopic (exact) mass is 429 g/mol. The van der Waals surface area contributed by atoms with Gasteiger partial charge in [-0.25, -0.2) is 9.78 Å². The molecule has 0 spiro atoms. The van der Waals surface area contributed by atoms with Crippen LogP contribution in [0.15, 0.2) is 55.9 Å². The van der Waals surface area contributed by atoms with Crippen LogP contribution in [0.1, 0.15) is 26.9 Å². The Morgan fingerprint density at radius 1 is 1.18 bits per heavy atom. The van der Waals surface area contributed by atoms with E-state index in [-0.39, 0.29) is 6.61 Å². The fraction of sp³-hybridized carbons (Fsp3) is 0.158. The average Bonchev–Trinajstić information content (AvgIpc) is 3.46. The van der Waals surface area contributed by atoms with E-state index in [1.807, 2.05) is 35.9 Å². The van der Waals surface area contributed by atoms with Gasteiger partial charge in [-0.1, -0.05) is 5.16 Å². The third-order valence-corrected chi connectivity index (χ3v) is 6.26. The maximum atomic E-state index is 12.2. The van der Waals surface area contributed by atoms with Gasteiger partial charge in [0.25, 0.3) is 5.89 Å². The van der Waals surface area contributed by atoms with Crippen molar-refractivity contribution in [2.24, 2.45) is 0 Å². The first-order valence-corrected chi connectivity index (χ1v) is 11.1. The molecule has 28 heavy (non-hydrogen) atoms. The number of hydrogen-bond acceptors (Lipinski definition) is 9. The molecule has 3 aromatic heterocycles. The number of carbonyl (C=O) groups excluding carboxylic acids is 1. The lowest BCUT2D eigenvalue weighted by atomic mass is 10.2. The van der Waals surface area contributed by atoms with Gasteiger partial charge in [0.05, 0.1) is 21.8 Å². The summed E-state index contributed by atoms with van der Waals surface area (Å²) < 4.78 is 10.5. The van der Waals surface area contributed by atoms with Crippen molar-refractivity contribution in [3.63, 3.8) is 0 Å². The van der Waals surface area contributed by atoms with Gasteiger partial charge in [-0.2, -0.15) is 16.3 Å². The van der Waals surface area contributed by atoms with Crippen molar-refractivity contribution in [3.05, 3.63) is 68.6 Å². The summed E-state index contributed by atoms with van der Waals surface area (Å²) in [5, 5.41) is 10.8. The van der Waals surface area contributed by atoms with E-state index in [4.69, 9.17) is 9.26 Å². The number of thiazole rings is 1. The number of nitrogens with zero attached hydrogens (tertiary/aromatic N) is 3. The van der Waals surface area contributed by atoms with Gasteiger partial charge in [0.15, 0.2) is 6.61 Å². The molecule has 0 aliphatic carbocycles. The molecule has 0 fully saturated rings. The van der Waals surface area contributed by atoms with Crippen molar-refractivity contribution in [2.45, 2.75) is 24.2 Å². The quantitative estimate of drug-likeness (QED) is 0.295. The second kappa shape index (κ2) is 8.68. The Labute approximate surface area is 173 Å². The van der Waals surface area contributed by atoms with E-state index < -0.39 is 5.97 Å². The molecule has 0 aliphatic heterocycles. The average molecular weight is 430 g/mol. The molecule has 0 radical (unpaired) electrons. The molecular formula is C19H15N3O3S3. The van der Waals surface area contributed by atoms with Crippen LogP contribution in [-0.2, 0) is 17.1 Å². The van der Waals surface area contributed by atoms with Crippen LogP contribution in [0.3, 0.4) is 0 Å². The number of esters is 1. The minimum Gasteiger partial charge on any atom is -0.454 e. The first-order chi connectivity index (χ1) is 13.7. The SMILES string of the molecule is Cc1nc(CSc2ccc(C(=O)OCc3noc(-c4ccsc4)n3)cc2)cs1. The Morgan fingerprint density at radius 3 is 2.75 bits per heavy atom. The summed E-state index contributed by atoms with van der Waals surface area (Å²) in [5.74, 6) is 1.14. The number of hydrogen-bond donors (Lipinski definition) is 0. The van der Waals surface area contributed by atoms with Crippen molar-refractivity contribution < 1.29 is 14.1 Å². The zero-order valence-corrected chi connectivity index (χ0v) is 17.3. The highest BCUT2D eigenvalue weighted by molar-refractivity contribution is 7.98. The van der Waals surface area contributed by atoms with Crippen LogP contribution < -0.4 is 0 Å². The molecule has 0 amide bonds. The molecule has 0 bridgehead atoms. The summed E-state index contributed by atoms with van der Waals surface area (Å²) >= 11 is 4.87. The zero-order chi connectivity index (χ0) is 19.3. The van der Waals surface area contributed by atoms with Gasteiger partial charge in [-0.3, -0.25) is 0 Å². The summed E-state index contributed by atoms with van der Waals surface area (Å²) in [4.78, 5) is 22.0. The van der Waals surface area contributed by atoms with Gasteiger partial charge in [-0.15, -0.1) is 23.1 Å². The van der Waals surface area contributed by atoms with Crippen LogP contribution in [0, 0.1) is 6.92 Å². The molecule has 142 valence electrons. The molecule has 9 heteroatoms. The van der Waals surface area contributed by atoms with Crippen LogP contribution in [0.2, 0.25) is 0 Å². The summed E-state index contributed by atoms with van der Waals surface area (Å²) in [6, 6.07) is 9.21. The summed E-state index contributed by atoms with van der Waals surface area (Å²) in [5.41, 5.74) is 2.41. The number of aromatic nitrogens is 3. The molecule has 4 rings (SSSR count). The molecule has 0 saturated heterocycles. The van der Waals surface area contributed by atoms with Crippen LogP contribution in [0.25, 0.3) is 11.5 Å². The second-order valence-corrected chi connectivity index (χ2v) is 8.67. The third kappa shape index (κ3) is 4.67. The van der Waals surface area contributed by atoms with E-state index in [0.717, 1.165) is 26.9 Å². The highest BCUT2D eigenvalue weighted by Gasteiger charge is 2.13. The Kier molecular flexibility index (Phi) is 5.84. The number of thioether (sulfide) groups is 1. The first-order valence-electron chi connectivity index (χ1n) is 8.33. The van der Waals surface area contributed by atoms with Gasteiger partial charge >= 0.3 is 5.97 Å². The third-order valence-electron chi connectivity index (χ3n) is 3.71. The second-order valence-electron chi connectivity index (χ2n) is 5.77. The normalized spacial score (nSPS) is 10.9. The smallest absolute Gasteiger partial charge is 0.338 e. The molecule has 0 atom stereocenters. The summed E-state index contributed by atoms with van der Waals surface area (Å²) in [7, 11) is 0. The number of rotatable bonds is 7. The minimum absolute atomic E-state index is 0.0356. The van der Waals surface area contributed by atoms with Crippen molar-refractivity contribution >= 4 is 40.4 Å². The lowest BCUT2D eigenvalue weighted by Crippen LogP contribution is -2.06. The maximum absolute atomic E-state index is 12.2. The van der Waals surface area contributed by atoms with Crippen LogP contribution in [0.5, 0.6) is 0 Å². The molecule has 6 nitrogen and oxygen atoms in total. The van der Waals surface area contributed by atoms with E-state index in [1.165, 1.54) is 0 Å². The van der Waals surface area contributed by atoms with Gasteiger partial charge in [0.1, 0.15) is 0 Å². The number of ether oxygens (including phenoxy) is 1. The van der Waals surface area contributed by atoms with E-state index in [0.29, 0.717) is 17.3 Å². The fourth-order valence-electron chi connectivity index (χ4n) is 2.35. The van der Waals surface area contributed by atoms with E-state index in [2.05, 4.69) is 20.5 Å². The van der Waals surface area contributed by atoms with Gasteiger partial charge in [0.2, 0.25) is 5.82 Å². The zero-order valence-electron chi connectivity index (χ0n) is 14.8. The standard InChI is InChI=1S/C19H15N3O3S3/c1-12-20-15(10-27-12)11-28-16-4-2-13(3-5-16)19(23)24-8-17-21-18(25-22-17)14-6-7-26-9-14/h2-7,9-10H,8,11H2,1H3. The maximum Gasteiger partial charge on any atom is 0.338 e. The Hall–Kier alpha value is -2.49. The molecule has 3 heterocycles. The number of aryl methyl sites for hydroxylation is 1. The predicted octanol–water partition coefficient (Wildman–Crippen LogP) is 5.21. The Balaban J connectivity index is 1.30. The van der Waals surface area contributed by atoms with Crippen molar-refractivity contribution in [2.75, 3.05) is 0 Å². The van der Waals surface area contributed by atoms with Crippen LogP contribution in [-0.4, -0.2) is 21.1 Å². The highest BCUT2D eigenvalue weighted by atomic mass is 32.2. The summed E-state index contributed by atoms with van der Waals surface area (Å²) in [6.07, 6.45) is 0. The number of carbonyl (C=O) groups is 1. The molecule has 0 aliphatic rings. The minimum atomic E-state index is -0.423. The molecular weight excluding hydrogens is 414 g/mol. The molecule has 1 aromatic carbocycles. The Bertz CT molecular complexity index is 1060. The lowest BCUT2D eigenvalue weighted by molar-refractivity contribution is 0.0459. The van der Waals surface area contributed by atoms with Crippen LogP contribution >= 0.6 is 34.4 Å². The van der Waals surface area contributed by atoms with E-state index >= 15 is 0 Å². The van der Waals surface area contributed by atoms with Crippen LogP contribution in [0.4, 0.5) is 0 Å². The molecule has 0 N–H and O–H groups in total. The van der Waals surface area contributed by atoms with E-state index in [1.54, 1.807) is 46.6 Å². The molecule has 0 saturated carbocycles. The summed E-state index contributed by atoms with van der Waals surface area (Å²) in [6.45, 7) is 1.96. The number of thiophene rings is 1. The van der Waals surface area contributed by atoms with Crippen molar-refractivity contribution in [1.82, 2.24) is 15.1 Å². The lowest BCUT2D eigenvalue weighted by Gasteiger charge is -2.04. The molecule has 0 unspecified atom stereocenters. The number of benzene rings is 1. The van der Waals surface area contributed by atoms with E-state index in [9.17, 15) is 4.79 Å².